The molecule has 1 aliphatic rings. The zero-order valence-electron chi connectivity index (χ0n) is 12.4. The summed E-state index contributed by atoms with van der Waals surface area (Å²) in [5.41, 5.74) is 7.51. The van der Waals surface area contributed by atoms with Gasteiger partial charge in [-0.15, -0.1) is 11.3 Å². The lowest BCUT2D eigenvalue weighted by Crippen LogP contribution is -2.20. The minimum Gasteiger partial charge on any atom is -0.365 e. The lowest BCUT2D eigenvalue weighted by atomic mass is 9.95. The molecule has 0 saturated carbocycles. The largest absolute Gasteiger partial charge is 0.365 e. The molecule has 0 radical (unpaired) electrons. The van der Waals surface area contributed by atoms with E-state index in [9.17, 15) is 9.59 Å². The van der Waals surface area contributed by atoms with Crippen LogP contribution in [0.25, 0.3) is 0 Å². The zero-order chi connectivity index (χ0) is 15.7. The van der Waals surface area contributed by atoms with Gasteiger partial charge in [-0.2, -0.15) is 5.10 Å². The van der Waals surface area contributed by atoms with E-state index in [-0.39, 0.29) is 5.91 Å². The lowest BCUT2D eigenvalue weighted by molar-refractivity contribution is 0.100. The monoisotopic (exact) mass is 318 g/mol. The average molecular weight is 318 g/mol. The van der Waals surface area contributed by atoms with Crippen molar-refractivity contribution >= 4 is 28.2 Å². The first kappa shape index (κ1) is 14.8. The maximum absolute atomic E-state index is 12.4. The fourth-order valence-electron chi connectivity index (χ4n) is 2.86. The van der Waals surface area contributed by atoms with E-state index in [1.807, 2.05) is 6.92 Å². The third-order valence-corrected chi connectivity index (χ3v) is 5.10. The van der Waals surface area contributed by atoms with Crippen LogP contribution in [-0.4, -0.2) is 21.6 Å². The van der Waals surface area contributed by atoms with E-state index in [0.717, 1.165) is 31.2 Å². The summed E-state index contributed by atoms with van der Waals surface area (Å²) in [6, 6.07) is 1.66. The molecule has 0 unspecified atom stereocenters. The second-order valence-electron chi connectivity index (χ2n) is 5.27. The molecule has 0 spiro atoms. The van der Waals surface area contributed by atoms with Crippen LogP contribution in [0.3, 0.4) is 0 Å². The number of nitrogens with zero attached hydrogens (tertiary/aromatic N) is 2. The summed E-state index contributed by atoms with van der Waals surface area (Å²) in [5.74, 6) is -0.737. The number of carbonyl (C=O) groups excluding carboxylic acids is 2. The van der Waals surface area contributed by atoms with Crippen molar-refractivity contribution in [1.82, 2.24) is 9.78 Å². The Morgan fingerprint density at radius 3 is 2.91 bits per heavy atom. The van der Waals surface area contributed by atoms with Gasteiger partial charge < -0.3 is 11.1 Å². The maximum atomic E-state index is 12.4. The summed E-state index contributed by atoms with van der Waals surface area (Å²) in [6.45, 7) is 2.53. The first-order valence-electron chi connectivity index (χ1n) is 7.39. The number of amides is 2. The van der Waals surface area contributed by atoms with Crippen molar-refractivity contribution in [3.8, 4) is 0 Å². The molecule has 0 fully saturated rings. The van der Waals surface area contributed by atoms with E-state index in [0.29, 0.717) is 22.8 Å². The Morgan fingerprint density at radius 2 is 2.18 bits per heavy atom. The highest BCUT2D eigenvalue weighted by atomic mass is 32.1. The van der Waals surface area contributed by atoms with Crippen LogP contribution in [0, 0.1) is 0 Å². The summed E-state index contributed by atoms with van der Waals surface area (Å²) in [7, 11) is 0. The number of anilines is 1. The molecule has 0 aromatic carbocycles. The van der Waals surface area contributed by atoms with Crippen LogP contribution in [0.2, 0.25) is 0 Å². The van der Waals surface area contributed by atoms with E-state index in [2.05, 4.69) is 10.4 Å². The van der Waals surface area contributed by atoms with Crippen molar-refractivity contribution in [3.63, 3.8) is 0 Å². The summed E-state index contributed by atoms with van der Waals surface area (Å²) in [6.07, 6.45) is 5.56. The number of aromatic nitrogens is 2. The minimum absolute atomic E-state index is 0.263. The van der Waals surface area contributed by atoms with Gasteiger partial charge in [0.2, 0.25) is 0 Å². The Labute approximate surface area is 132 Å². The molecule has 2 amide bonds. The molecular weight excluding hydrogens is 300 g/mol. The molecule has 2 heterocycles. The predicted molar refractivity (Wildman–Crippen MR) is 85.3 cm³/mol. The van der Waals surface area contributed by atoms with E-state index in [1.165, 1.54) is 16.2 Å². The molecule has 2 aromatic heterocycles. The van der Waals surface area contributed by atoms with Crippen LogP contribution in [0.4, 0.5) is 5.00 Å². The Kier molecular flexibility index (Phi) is 3.98. The molecule has 0 bridgehead atoms. The molecule has 0 atom stereocenters. The quantitative estimate of drug-likeness (QED) is 0.905. The number of rotatable bonds is 4. The highest BCUT2D eigenvalue weighted by Crippen LogP contribution is 2.38. The smallest absolute Gasteiger partial charge is 0.274 e. The standard InChI is InChI=1S/C15H18N4O2S/c1-2-19-10(7-8-17-19)14(21)18-15-12(13(16)20)9-5-3-4-6-11(9)22-15/h7-8H,2-6H2,1H3,(H2,16,20)(H,18,21). The number of hydrogen-bond acceptors (Lipinski definition) is 4. The SMILES string of the molecule is CCn1nccc1C(=O)Nc1sc2c(c1C(N)=O)CCCC2. The van der Waals surface area contributed by atoms with Crippen molar-refractivity contribution < 1.29 is 9.59 Å². The van der Waals surface area contributed by atoms with Gasteiger partial charge in [0.25, 0.3) is 11.8 Å². The number of fused-ring (bicyclic) bond motifs is 1. The van der Waals surface area contributed by atoms with Crippen LogP contribution < -0.4 is 11.1 Å². The molecule has 0 saturated heterocycles. The van der Waals surface area contributed by atoms with Gasteiger partial charge in [0, 0.05) is 17.6 Å². The molecule has 3 rings (SSSR count). The first-order chi connectivity index (χ1) is 10.6. The lowest BCUT2D eigenvalue weighted by Gasteiger charge is -2.11. The van der Waals surface area contributed by atoms with Gasteiger partial charge >= 0.3 is 0 Å². The second kappa shape index (κ2) is 5.92. The highest BCUT2D eigenvalue weighted by Gasteiger charge is 2.25. The Morgan fingerprint density at radius 1 is 1.41 bits per heavy atom. The van der Waals surface area contributed by atoms with Gasteiger partial charge in [-0.1, -0.05) is 0 Å². The van der Waals surface area contributed by atoms with Crippen LogP contribution in [0.5, 0.6) is 0 Å². The fraction of sp³-hybridized carbons (Fsp3) is 0.400. The summed E-state index contributed by atoms with van der Waals surface area (Å²) in [5, 5.41) is 7.49. The van der Waals surface area contributed by atoms with Gasteiger partial charge in [-0.25, -0.2) is 0 Å². The summed E-state index contributed by atoms with van der Waals surface area (Å²) in [4.78, 5) is 25.4. The average Bonchev–Trinajstić information content (AvgIpc) is 3.10. The maximum Gasteiger partial charge on any atom is 0.274 e. The third-order valence-electron chi connectivity index (χ3n) is 3.89. The molecule has 6 nitrogen and oxygen atoms in total. The van der Waals surface area contributed by atoms with Gasteiger partial charge in [0.1, 0.15) is 10.7 Å². The number of nitrogens with two attached hydrogens (primary N) is 1. The van der Waals surface area contributed by atoms with Crippen LogP contribution in [0.1, 0.15) is 51.1 Å². The summed E-state index contributed by atoms with van der Waals surface area (Å²) < 4.78 is 1.62. The summed E-state index contributed by atoms with van der Waals surface area (Å²) >= 11 is 1.47. The van der Waals surface area contributed by atoms with Crippen molar-refractivity contribution in [1.29, 1.82) is 0 Å². The molecule has 116 valence electrons. The minimum atomic E-state index is -0.473. The molecule has 3 N–H and O–H groups in total. The van der Waals surface area contributed by atoms with Crippen LogP contribution >= 0.6 is 11.3 Å². The molecule has 22 heavy (non-hydrogen) atoms. The number of primary amides is 1. The topological polar surface area (TPSA) is 90.0 Å². The number of carbonyl (C=O) groups is 2. The van der Waals surface area contributed by atoms with E-state index < -0.39 is 5.91 Å². The van der Waals surface area contributed by atoms with Gasteiger partial charge in [-0.3, -0.25) is 14.3 Å². The number of nitrogens with one attached hydrogen (secondary N) is 1. The Balaban J connectivity index is 1.94. The zero-order valence-corrected chi connectivity index (χ0v) is 13.2. The Bertz CT molecular complexity index is 732. The fourth-order valence-corrected chi connectivity index (χ4v) is 4.15. The first-order valence-corrected chi connectivity index (χ1v) is 8.21. The molecule has 1 aliphatic carbocycles. The van der Waals surface area contributed by atoms with Crippen LogP contribution in [0.15, 0.2) is 12.3 Å². The van der Waals surface area contributed by atoms with Gasteiger partial charge in [0.15, 0.2) is 0 Å². The van der Waals surface area contributed by atoms with Crippen molar-refractivity contribution in [3.05, 3.63) is 34.0 Å². The normalized spacial score (nSPS) is 13.7. The highest BCUT2D eigenvalue weighted by molar-refractivity contribution is 7.17. The van der Waals surface area contributed by atoms with Crippen LogP contribution in [-0.2, 0) is 19.4 Å². The number of hydrogen-bond donors (Lipinski definition) is 2. The molecular formula is C15H18N4O2S. The van der Waals surface area contributed by atoms with Crippen molar-refractivity contribution in [2.45, 2.75) is 39.2 Å². The van der Waals surface area contributed by atoms with E-state index >= 15 is 0 Å². The second-order valence-corrected chi connectivity index (χ2v) is 6.37. The number of thiophene rings is 1. The molecule has 7 heteroatoms. The van der Waals surface area contributed by atoms with Gasteiger partial charge in [0.05, 0.1) is 5.56 Å². The van der Waals surface area contributed by atoms with Crippen molar-refractivity contribution in [2.75, 3.05) is 5.32 Å². The molecule has 2 aromatic rings. The van der Waals surface area contributed by atoms with E-state index in [1.54, 1.807) is 16.9 Å². The van der Waals surface area contributed by atoms with E-state index in [4.69, 9.17) is 5.73 Å². The van der Waals surface area contributed by atoms with Gasteiger partial charge in [-0.05, 0) is 44.2 Å². The predicted octanol–water partition coefficient (Wildman–Crippen LogP) is 2.19. The Hall–Kier alpha value is -2.15. The third kappa shape index (κ3) is 2.52. The van der Waals surface area contributed by atoms with Crippen molar-refractivity contribution in [2.24, 2.45) is 5.73 Å². The molecule has 0 aliphatic heterocycles. The number of aryl methyl sites for hydroxylation is 2.